The lowest BCUT2D eigenvalue weighted by molar-refractivity contribution is 0.00958. The molecule has 0 bridgehead atoms. The first-order valence-corrected chi connectivity index (χ1v) is 8.05. The third-order valence-corrected chi connectivity index (χ3v) is 6.49. The van der Waals surface area contributed by atoms with Crippen LogP contribution in [-0.2, 0) is 6.54 Å². The molecular formula is C10H11Br3ClN3O. The van der Waals surface area contributed by atoms with E-state index in [2.05, 4.69) is 57.9 Å². The van der Waals surface area contributed by atoms with Crippen molar-refractivity contribution in [1.82, 2.24) is 14.8 Å². The van der Waals surface area contributed by atoms with E-state index in [1.54, 1.807) is 11.0 Å². The maximum Gasteiger partial charge on any atom is 0.137 e. The van der Waals surface area contributed by atoms with E-state index in [1.807, 2.05) is 0 Å². The van der Waals surface area contributed by atoms with Gasteiger partial charge in [0, 0.05) is 10.9 Å². The second-order valence-electron chi connectivity index (χ2n) is 4.43. The van der Waals surface area contributed by atoms with E-state index < -0.39 is 10.5 Å². The van der Waals surface area contributed by atoms with Crippen LogP contribution in [0.15, 0.2) is 20.5 Å². The molecule has 18 heavy (non-hydrogen) atoms. The summed E-state index contributed by atoms with van der Waals surface area (Å²) in [6.07, 6.45) is 5.04. The van der Waals surface area contributed by atoms with Crippen molar-refractivity contribution in [3.05, 3.63) is 20.5 Å². The second-order valence-corrected chi connectivity index (χ2v) is 8.76. The second kappa shape index (κ2) is 5.52. The van der Waals surface area contributed by atoms with Crippen LogP contribution < -0.4 is 0 Å². The highest BCUT2D eigenvalue weighted by Gasteiger charge is 2.58. The number of hydrogen-bond acceptors (Lipinski definition) is 3. The smallest absolute Gasteiger partial charge is 0.137 e. The van der Waals surface area contributed by atoms with Gasteiger partial charge in [-0.15, -0.1) is 11.6 Å². The molecule has 1 aliphatic carbocycles. The molecule has 1 aromatic rings. The molecule has 1 fully saturated rings. The Balaban J connectivity index is 2.21. The number of aromatic nitrogens is 3. The molecule has 0 aliphatic heterocycles. The summed E-state index contributed by atoms with van der Waals surface area (Å²) in [6.45, 7) is 0.318. The quantitative estimate of drug-likeness (QED) is 0.679. The molecular weight excluding hydrogens is 453 g/mol. The number of halogens is 4. The fourth-order valence-corrected chi connectivity index (χ4v) is 2.80. The van der Waals surface area contributed by atoms with Gasteiger partial charge in [-0.05, 0) is 44.7 Å². The fraction of sp³-hybridized carbons (Fsp3) is 0.600. The van der Waals surface area contributed by atoms with Crippen molar-refractivity contribution in [3.8, 4) is 0 Å². The molecule has 8 heteroatoms. The average molecular weight is 464 g/mol. The van der Waals surface area contributed by atoms with Crippen LogP contribution in [0.3, 0.4) is 0 Å². The lowest BCUT2D eigenvalue weighted by atomic mass is 9.93. The zero-order valence-corrected chi connectivity index (χ0v) is 14.8. The minimum Gasteiger partial charge on any atom is -0.386 e. The zero-order chi connectivity index (χ0) is 13.4. The molecule has 1 N–H and O–H groups in total. The third-order valence-electron chi connectivity index (χ3n) is 3.07. The Labute approximate surface area is 135 Å². The largest absolute Gasteiger partial charge is 0.386 e. The van der Waals surface area contributed by atoms with Gasteiger partial charge in [-0.1, -0.05) is 15.9 Å². The van der Waals surface area contributed by atoms with Gasteiger partial charge in [0.05, 0.1) is 14.8 Å². The van der Waals surface area contributed by atoms with Crippen LogP contribution in [0.2, 0.25) is 0 Å². The number of hydrogen-bond donors (Lipinski definition) is 1. The van der Waals surface area contributed by atoms with Crippen LogP contribution in [-0.4, -0.2) is 30.3 Å². The number of nitrogens with zero attached hydrogens (tertiary/aromatic N) is 3. The molecule has 1 aliphatic rings. The highest BCUT2D eigenvalue weighted by Crippen LogP contribution is 2.54. The van der Waals surface area contributed by atoms with Crippen molar-refractivity contribution in [2.75, 3.05) is 0 Å². The predicted octanol–water partition coefficient (Wildman–Crippen LogP) is 3.52. The summed E-state index contributed by atoms with van der Waals surface area (Å²) in [6, 6.07) is 0. The van der Waals surface area contributed by atoms with E-state index in [9.17, 15) is 5.11 Å². The minimum absolute atomic E-state index is 0.318. The van der Waals surface area contributed by atoms with E-state index in [1.165, 1.54) is 6.33 Å². The van der Waals surface area contributed by atoms with Gasteiger partial charge < -0.3 is 5.11 Å². The Bertz CT molecular complexity index is 457. The summed E-state index contributed by atoms with van der Waals surface area (Å²) in [4.78, 5) is 3.30. The van der Waals surface area contributed by atoms with Gasteiger partial charge in [0.1, 0.15) is 18.3 Å². The molecule has 4 nitrogen and oxygen atoms in total. The Hall–Kier alpha value is 0.570. The Morgan fingerprint density at radius 3 is 2.56 bits per heavy atom. The molecule has 1 aromatic heterocycles. The van der Waals surface area contributed by atoms with Crippen LogP contribution in [0.4, 0.5) is 0 Å². The average Bonchev–Trinajstić information content (AvgIpc) is 2.86. The van der Waals surface area contributed by atoms with Crippen molar-refractivity contribution in [1.29, 1.82) is 0 Å². The van der Waals surface area contributed by atoms with Gasteiger partial charge in [-0.25, -0.2) is 9.67 Å². The summed E-state index contributed by atoms with van der Waals surface area (Å²) >= 11 is 16.5. The summed E-state index contributed by atoms with van der Waals surface area (Å²) < 4.78 is 3.20. The predicted molar refractivity (Wildman–Crippen MR) is 81.2 cm³/mol. The van der Waals surface area contributed by atoms with E-state index in [0.29, 0.717) is 13.0 Å². The highest BCUT2D eigenvalue weighted by molar-refractivity contribution is 9.29. The van der Waals surface area contributed by atoms with Crippen LogP contribution in [0.25, 0.3) is 0 Å². The van der Waals surface area contributed by atoms with Gasteiger partial charge in [0.15, 0.2) is 0 Å². The number of rotatable bonds is 5. The Kier molecular flexibility index (Phi) is 4.59. The lowest BCUT2D eigenvalue weighted by Crippen LogP contribution is -2.45. The maximum atomic E-state index is 10.9. The summed E-state index contributed by atoms with van der Waals surface area (Å²) in [5.74, 6) is 0. The van der Waals surface area contributed by atoms with Gasteiger partial charge in [0.25, 0.3) is 0 Å². The molecule has 2 rings (SSSR count). The van der Waals surface area contributed by atoms with E-state index in [4.69, 9.17) is 11.6 Å². The van der Waals surface area contributed by atoms with Crippen molar-refractivity contribution < 1.29 is 5.11 Å². The van der Waals surface area contributed by atoms with Crippen molar-refractivity contribution in [3.63, 3.8) is 0 Å². The standard InChI is InChI=1S/C10H11Br3ClN3O/c11-7(8(12)13)3-10(18,9(14)1-2-9)4-17-6-15-5-16-17/h5-6,18H,1-4H2. The topological polar surface area (TPSA) is 50.9 Å². The molecule has 1 unspecified atom stereocenters. The van der Waals surface area contributed by atoms with Gasteiger partial charge in [0.2, 0.25) is 0 Å². The molecule has 100 valence electrons. The molecule has 0 saturated heterocycles. The SMILES string of the molecule is OC(CC(Br)=C(Br)Br)(Cn1cncn1)C1(Cl)CC1. The van der Waals surface area contributed by atoms with Crippen LogP contribution in [0.1, 0.15) is 19.3 Å². The molecule has 0 aromatic carbocycles. The van der Waals surface area contributed by atoms with E-state index in [-0.39, 0.29) is 0 Å². The van der Waals surface area contributed by atoms with Crippen molar-refractivity contribution >= 4 is 59.4 Å². The fourth-order valence-electron chi connectivity index (χ4n) is 1.84. The molecule has 0 amide bonds. The molecule has 0 radical (unpaired) electrons. The third kappa shape index (κ3) is 3.17. The first-order chi connectivity index (χ1) is 8.36. The number of aliphatic hydroxyl groups is 1. The minimum atomic E-state index is -1.06. The summed E-state index contributed by atoms with van der Waals surface area (Å²) in [7, 11) is 0. The van der Waals surface area contributed by atoms with E-state index >= 15 is 0 Å². The first-order valence-electron chi connectivity index (χ1n) is 5.30. The van der Waals surface area contributed by atoms with Gasteiger partial charge >= 0.3 is 0 Å². The lowest BCUT2D eigenvalue weighted by Gasteiger charge is -2.32. The monoisotopic (exact) mass is 461 g/mol. The molecule has 1 heterocycles. The number of alkyl halides is 1. The summed E-state index contributed by atoms with van der Waals surface area (Å²) in [5, 5.41) is 14.9. The van der Waals surface area contributed by atoms with Gasteiger partial charge in [-0.3, -0.25) is 0 Å². The van der Waals surface area contributed by atoms with Crippen LogP contribution in [0.5, 0.6) is 0 Å². The van der Waals surface area contributed by atoms with Crippen molar-refractivity contribution in [2.24, 2.45) is 0 Å². The Morgan fingerprint density at radius 2 is 2.11 bits per heavy atom. The molecule has 1 atom stereocenters. The van der Waals surface area contributed by atoms with Gasteiger partial charge in [-0.2, -0.15) is 5.10 Å². The van der Waals surface area contributed by atoms with Crippen LogP contribution in [0, 0.1) is 0 Å². The summed E-state index contributed by atoms with van der Waals surface area (Å²) in [5.41, 5.74) is -1.06. The van der Waals surface area contributed by atoms with E-state index in [0.717, 1.165) is 20.7 Å². The van der Waals surface area contributed by atoms with Crippen molar-refractivity contribution in [2.45, 2.75) is 36.3 Å². The highest BCUT2D eigenvalue weighted by atomic mass is 79.9. The molecule has 1 saturated carbocycles. The van der Waals surface area contributed by atoms with Crippen LogP contribution >= 0.6 is 59.4 Å². The zero-order valence-electron chi connectivity index (χ0n) is 9.28. The maximum absolute atomic E-state index is 10.9. The Morgan fingerprint density at radius 1 is 1.44 bits per heavy atom. The normalized spacial score (nSPS) is 20.3. The first kappa shape index (κ1) is 15.0. The molecule has 0 spiro atoms.